The van der Waals surface area contributed by atoms with Gasteiger partial charge in [0.2, 0.25) is 6.10 Å². The quantitative estimate of drug-likeness (QED) is 0.154. The lowest BCUT2D eigenvalue weighted by molar-refractivity contribution is -0.171. The first-order chi connectivity index (χ1) is 22.8. The Bertz CT molecular complexity index is 1630. The summed E-state index contributed by atoms with van der Waals surface area (Å²) in [6.45, 7) is 0.604. The van der Waals surface area contributed by atoms with Crippen molar-refractivity contribution in [2.45, 2.75) is 31.3 Å². The van der Waals surface area contributed by atoms with Crippen LogP contribution in [0.2, 0.25) is 0 Å². The number of benzene rings is 4. The van der Waals surface area contributed by atoms with Crippen LogP contribution < -0.4 is 0 Å². The Kier molecular flexibility index (Phi) is 12.4. The van der Waals surface area contributed by atoms with E-state index in [0.29, 0.717) is 0 Å². The Balaban J connectivity index is 1.72. The summed E-state index contributed by atoms with van der Waals surface area (Å²) in [5, 5.41) is 11.8. The number of aliphatic hydroxyl groups excluding tert-OH is 1. The summed E-state index contributed by atoms with van der Waals surface area (Å²) >= 11 is 0. The minimum absolute atomic E-state index is 0.0371. The summed E-state index contributed by atoms with van der Waals surface area (Å²) in [4.78, 5) is 65.7. The molecule has 0 heterocycles. The fourth-order valence-electron chi connectivity index (χ4n) is 4.32. The summed E-state index contributed by atoms with van der Waals surface area (Å²) in [6.07, 6.45) is -7.90. The van der Waals surface area contributed by atoms with Gasteiger partial charge in [0.1, 0.15) is 12.7 Å². The number of carbonyl (C=O) groups is 5. The third kappa shape index (κ3) is 9.59. The number of hydrogen-bond donors (Lipinski definition) is 1. The van der Waals surface area contributed by atoms with Crippen LogP contribution in [0.4, 0.5) is 0 Å². The van der Waals surface area contributed by atoms with Crippen molar-refractivity contribution in [3.8, 4) is 0 Å². The standard InChI is InChI=1S/C36H32O11/c1-2-43-36(42)31(47-35(41)27-21-13-6-14-22-27)30(46-34(40)26-19-11-5-12-20-26)29(37)28(45-33(39)25-17-9-4-10-18-25)23-44-32(38)24-15-7-3-8-16-24/h3-22,28-31,37H,2,23H2,1H3/t28-,29-,30+,31-/m1/s1. The molecule has 0 unspecified atom stereocenters. The zero-order valence-electron chi connectivity index (χ0n) is 25.3. The lowest BCUT2D eigenvalue weighted by Gasteiger charge is -2.32. The van der Waals surface area contributed by atoms with Gasteiger partial charge in [0.05, 0.1) is 28.9 Å². The molecule has 11 heteroatoms. The van der Waals surface area contributed by atoms with E-state index in [4.69, 9.17) is 23.7 Å². The second kappa shape index (κ2) is 17.0. The molecular weight excluding hydrogens is 608 g/mol. The highest BCUT2D eigenvalue weighted by Crippen LogP contribution is 2.22. The van der Waals surface area contributed by atoms with E-state index in [1.54, 1.807) is 72.8 Å². The van der Waals surface area contributed by atoms with Gasteiger partial charge < -0.3 is 28.8 Å². The Morgan fingerprint density at radius 3 is 1.34 bits per heavy atom. The van der Waals surface area contributed by atoms with Crippen LogP contribution in [-0.2, 0) is 28.5 Å². The molecule has 0 bridgehead atoms. The number of esters is 5. The minimum Gasteiger partial charge on any atom is -0.463 e. The van der Waals surface area contributed by atoms with Gasteiger partial charge in [-0.25, -0.2) is 24.0 Å². The van der Waals surface area contributed by atoms with E-state index in [1.807, 2.05) is 0 Å². The summed E-state index contributed by atoms with van der Waals surface area (Å²) in [5.74, 6) is -4.89. The summed E-state index contributed by atoms with van der Waals surface area (Å²) < 4.78 is 27.2. The van der Waals surface area contributed by atoms with E-state index < -0.39 is 60.9 Å². The highest BCUT2D eigenvalue weighted by molar-refractivity contribution is 5.93. The maximum absolute atomic E-state index is 13.3. The molecule has 11 nitrogen and oxygen atoms in total. The van der Waals surface area contributed by atoms with Gasteiger partial charge in [0.15, 0.2) is 12.2 Å². The fraction of sp³-hybridized carbons (Fsp3) is 0.194. The third-order valence-corrected chi connectivity index (χ3v) is 6.69. The van der Waals surface area contributed by atoms with E-state index in [9.17, 15) is 29.1 Å². The third-order valence-electron chi connectivity index (χ3n) is 6.69. The zero-order chi connectivity index (χ0) is 33.6. The molecule has 242 valence electrons. The van der Waals surface area contributed by atoms with Crippen LogP contribution in [0.25, 0.3) is 0 Å². The Morgan fingerprint density at radius 1 is 0.532 bits per heavy atom. The van der Waals surface area contributed by atoms with Gasteiger partial charge in [0.25, 0.3) is 0 Å². The molecule has 4 rings (SSSR count). The van der Waals surface area contributed by atoms with Crippen LogP contribution in [0.15, 0.2) is 121 Å². The SMILES string of the molecule is CCOC(=O)[C@H](OC(=O)c1ccccc1)[C@@H](OC(=O)c1ccccc1)[C@H](O)[C@@H](COC(=O)c1ccccc1)OC(=O)c1ccccc1. The normalized spacial score (nSPS) is 13.1. The predicted octanol–water partition coefficient (Wildman–Crippen LogP) is 4.44. The molecular formula is C36H32O11. The first-order valence-electron chi connectivity index (χ1n) is 14.6. The average molecular weight is 641 g/mol. The van der Waals surface area contributed by atoms with Crippen molar-refractivity contribution < 1.29 is 52.8 Å². The van der Waals surface area contributed by atoms with Gasteiger partial charge >= 0.3 is 29.8 Å². The van der Waals surface area contributed by atoms with Crippen LogP contribution in [0, 0.1) is 0 Å². The Labute approximate surface area is 270 Å². The molecule has 0 aliphatic carbocycles. The molecule has 0 aromatic heterocycles. The van der Waals surface area contributed by atoms with Gasteiger partial charge in [-0.1, -0.05) is 72.8 Å². The Morgan fingerprint density at radius 2 is 0.915 bits per heavy atom. The summed E-state index contributed by atoms with van der Waals surface area (Å²) in [7, 11) is 0. The molecule has 4 atom stereocenters. The topological polar surface area (TPSA) is 152 Å². The number of carbonyl (C=O) groups excluding carboxylic acids is 5. The lowest BCUT2D eigenvalue weighted by Crippen LogP contribution is -2.54. The highest BCUT2D eigenvalue weighted by Gasteiger charge is 2.46. The fourth-order valence-corrected chi connectivity index (χ4v) is 4.32. The van der Waals surface area contributed by atoms with Crippen molar-refractivity contribution >= 4 is 29.8 Å². The van der Waals surface area contributed by atoms with Gasteiger partial charge in [-0.3, -0.25) is 0 Å². The molecule has 4 aromatic rings. The van der Waals surface area contributed by atoms with Gasteiger partial charge in [-0.05, 0) is 55.5 Å². The monoisotopic (exact) mass is 640 g/mol. The molecule has 1 N–H and O–H groups in total. The van der Waals surface area contributed by atoms with Crippen LogP contribution in [0.3, 0.4) is 0 Å². The molecule has 0 fully saturated rings. The number of aliphatic hydroxyl groups is 1. The smallest absolute Gasteiger partial charge is 0.351 e. The molecule has 0 radical (unpaired) electrons. The lowest BCUT2D eigenvalue weighted by atomic mass is 10.0. The molecule has 0 aliphatic rings. The number of ether oxygens (including phenoxy) is 5. The number of rotatable bonds is 14. The van der Waals surface area contributed by atoms with Crippen LogP contribution >= 0.6 is 0 Å². The molecule has 0 saturated heterocycles. The summed E-state index contributed by atoms with van der Waals surface area (Å²) in [6, 6.07) is 31.0. The number of hydrogen-bond acceptors (Lipinski definition) is 11. The first-order valence-corrected chi connectivity index (χ1v) is 14.6. The first kappa shape index (κ1) is 34.1. The van der Waals surface area contributed by atoms with Gasteiger partial charge in [-0.15, -0.1) is 0 Å². The van der Waals surface area contributed by atoms with Crippen LogP contribution in [-0.4, -0.2) is 72.6 Å². The Hall–Kier alpha value is -5.81. The molecule has 4 aromatic carbocycles. The maximum Gasteiger partial charge on any atom is 0.351 e. The maximum atomic E-state index is 13.3. The highest BCUT2D eigenvalue weighted by atomic mass is 16.6. The van der Waals surface area contributed by atoms with Crippen molar-refractivity contribution in [1.82, 2.24) is 0 Å². The predicted molar refractivity (Wildman–Crippen MR) is 166 cm³/mol. The van der Waals surface area contributed by atoms with Crippen molar-refractivity contribution in [1.29, 1.82) is 0 Å². The van der Waals surface area contributed by atoms with Crippen LogP contribution in [0.5, 0.6) is 0 Å². The van der Waals surface area contributed by atoms with Crippen LogP contribution in [0.1, 0.15) is 48.4 Å². The van der Waals surface area contributed by atoms with Gasteiger partial charge in [-0.2, -0.15) is 0 Å². The average Bonchev–Trinajstić information content (AvgIpc) is 3.12. The molecule has 0 spiro atoms. The second-order valence-corrected chi connectivity index (χ2v) is 9.94. The second-order valence-electron chi connectivity index (χ2n) is 9.94. The molecule has 0 saturated carbocycles. The van der Waals surface area contributed by atoms with Crippen molar-refractivity contribution in [2.75, 3.05) is 13.2 Å². The molecule has 0 amide bonds. The molecule has 0 aliphatic heterocycles. The van der Waals surface area contributed by atoms with E-state index in [1.165, 1.54) is 55.5 Å². The summed E-state index contributed by atoms with van der Waals surface area (Å²) in [5.41, 5.74) is 0.348. The largest absolute Gasteiger partial charge is 0.463 e. The molecule has 47 heavy (non-hydrogen) atoms. The van der Waals surface area contributed by atoms with E-state index >= 15 is 0 Å². The zero-order valence-corrected chi connectivity index (χ0v) is 25.3. The van der Waals surface area contributed by atoms with Gasteiger partial charge in [0, 0.05) is 0 Å². The van der Waals surface area contributed by atoms with E-state index in [0.717, 1.165) is 0 Å². The van der Waals surface area contributed by atoms with E-state index in [-0.39, 0.29) is 28.9 Å². The minimum atomic E-state index is -2.10. The van der Waals surface area contributed by atoms with Crippen molar-refractivity contribution in [2.24, 2.45) is 0 Å². The van der Waals surface area contributed by atoms with Crippen molar-refractivity contribution in [3.63, 3.8) is 0 Å². The van der Waals surface area contributed by atoms with Crippen molar-refractivity contribution in [3.05, 3.63) is 144 Å². The van der Waals surface area contributed by atoms with E-state index in [2.05, 4.69) is 0 Å².